The first kappa shape index (κ1) is 18.4. The summed E-state index contributed by atoms with van der Waals surface area (Å²) in [5, 5.41) is 2.82. The van der Waals surface area contributed by atoms with Crippen LogP contribution in [0.15, 0.2) is 49.1 Å². The average Bonchev–Trinajstić information content (AvgIpc) is 2.67. The van der Waals surface area contributed by atoms with E-state index in [9.17, 15) is 9.18 Å². The van der Waals surface area contributed by atoms with Crippen molar-refractivity contribution >= 4 is 5.91 Å². The number of carbonyl (C=O) groups is 1. The normalized spacial score (nSPS) is 14.4. The zero-order chi connectivity index (χ0) is 18.5. The molecule has 0 bridgehead atoms. The topological polar surface area (TPSA) is 29.1 Å². The zero-order valence-corrected chi connectivity index (χ0v) is 15.4. The van der Waals surface area contributed by atoms with Gasteiger partial charge in [-0.25, -0.2) is 4.39 Å². The molecule has 0 saturated carbocycles. The second-order valence-electron chi connectivity index (χ2n) is 7.00. The number of hydrogen-bond acceptors (Lipinski definition) is 1. The van der Waals surface area contributed by atoms with E-state index in [4.69, 9.17) is 0 Å². The number of benzene rings is 2. The van der Waals surface area contributed by atoms with Crippen LogP contribution in [-0.2, 0) is 19.3 Å². The van der Waals surface area contributed by atoms with E-state index in [0.29, 0.717) is 0 Å². The Morgan fingerprint density at radius 2 is 1.92 bits per heavy atom. The fourth-order valence-corrected chi connectivity index (χ4v) is 3.99. The highest BCUT2D eigenvalue weighted by molar-refractivity contribution is 5.97. The molecule has 1 amide bonds. The number of fused-ring (bicyclic) bond motifs is 1. The molecule has 2 nitrogen and oxygen atoms in total. The van der Waals surface area contributed by atoms with Gasteiger partial charge >= 0.3 is 0 Å². The maximum absolute atomic E-state index is 13.3. The third-order valence-corrected chi connectivity index (χ3v) is 5.33. The summed E-state index contributed by atoms with van der Waals surface area (Å²) < 4.78 is 13.3. The molecule has 1 aliphatic carbocycles. The van der Waals surface area contributed by atoms with Crippen LogP contribution in [0.1, 0.15) is 57.8 Å². The number of aryl methyl sites for hydroxylation is 1. The Bertz CT molecular complexity index is 795. The third kappa shape index (κ3) is 3.87. The maximum atomic E-state index is 13.3. The molecule has 1 atom stereocenters. The predicted molar refractivity (Wildman–Crippen MR) is 104 cm³/mol. The van der Waals surface area contributed by atoms with Crippen molar-refractivity contribution in [2.24, 2.45) is 0 Å². The lowest BCUT2D eigenvalue weighted by molar-refractivity contribution is 0.0961. The van der Waals surface area contributed by atoms with Crippen LogP contribution in [0.4, 0.5) is 4.39 Å². The van der Waals surface area contributed by atoms with Gasteiger partial charge in [0.15, 0.2) is 0 Å². The van der Waals surface area contributed by atoms with Crippen molar-refractivity contribution in [3.05, 3.63) is 82.7 Å². The number of nitrogens with one attached hydrogen (secondary N) is 1. The molecule has 0 aromatic heterocycles. The first-order chi connectivity index (χ1) is 12.6. The minimum Gasteiger partial charge on any atom is -0.355 e. The molecule has 3 heteroatoms. The molecule has 136 valence electrons. The zero-order valence-electron chi connectivity index (χ0n) is 15.4. The monoisotopic (exact) mass is 351 g/mol. The molecule has 0 saturated heterocycles. The second kappa shape index (κ2) is 8.31. The van der Waals surface area contributed by atoms with Gasteiger partial charge in [0, 0.05) is 12.6 Å². The van der Waals surface area contributed by atoms with Crippen molar-refractivity contribution in [2.75, 3.05) is 7.05 Å². The molecule has 0 aliphatic heterocycles. The van der Waals surface area contributed by atoms with Gasteiger partial charge in [-0.05, 0) is 78.8 Å². The first-order valence-corrected chi connectivity index (χ1v) is 9.36. The van der Waals surface area contributed by atoms with Gasteiger partial charge in [-0.15, -0.1) is 6.58 Å². The van der Waals surface area contributed by atoms with E-state index >= 15 is 0 Å². The summed E-state index contributed by atoms with van der Waals surface area (Å²) in [4.78, 5) is 12.6. The van der Waals surface area contributed by atoms with Gasteiger partial charge in [0.05, 0.1) is 0 Å². The van der Waals surface area contributed by atoms with E-state index in [2.05, 4.69) is 24.0 Å². The van der Waals surface area contributed by atoms with Gasteiger partial charge in [0.2, 0.25) is 0 Å². The van der Waals surface area contributed by atoms with Crippen molar-refractivity contribution in [2.45, 2.75) is 44.4 Å². The lowest BCUT2D eigenvalue weighted by Gasteiger charge is -2.24. The fourth-order valence-electron chi connectivity index (χ4n) is 3.99. The third-order valence-electron chi connectivity index (χ3n) is 5.33. The number of halogens is 1. The highest BCUT2D eigenvalue weighted by Crippen LogP contribution is 2.32. The average molecular weight is 351 g/mol. The number of carbonyl (C=O) groups excluding carboxylic acids is 1. The molecule has 26 heavy (non-hydrogen) atoms. The maximum Gasteiger partial charge on any atom is 0.251 e. The van der Waals surface area contributed by atoms with Crippen molar-refractivity contribution in [1.29, 1.82) is 0 Å². The van der Waals surface area contributed by atoms with Crippen LogP contribution < -0.4 is 5.32 Å². The number of allylic oxidation sites excluding steroid dienone is 1. The number of rotatable bonds is 6. The summed E-state index contributed by atoms with van der Waals surface area (Å²) in [6.45, 7) is 3.88. The van der Waals surface area contributed by atoms with E-state index in [-0.39, 0.29) is 17.6 Å². The van der Waals surface area contributed by atoms with E-state index < -0.39 is 0 Å². The van der Waals surface area contributed by atoms with Gasteiger partial charge < -0.3 is 5.32 Å². The Morgan fingerprint density at radius 1 is 1.19 bits per heavy atom. The van der Waals surface area contributed by atoms with Gasteiger partial charge in [-0.1, -0.05) is 30.3 Å². The molecule has 1 N–H and O–H groups in total. The van der Waals surface area contributed by atoms with Crippen LogP contribution >= 0.6 is 0 Å². The standard InChI is InChI=1S/C23H26FNO/c1-3-6-18(16-11-13-20(24)14-12-16)15-19-10-9-17-7-4-5-8-21(17)22(19)23(26)25-2/h3,9-14,18H,1,4-8,15H2,2H3,(H,25,26)/t18-/m0/s1. The molecular formula is C23H26FNO. The Kier molecular flexibility index (Phi) is 5.87. The van der Waals surface area contributed by atoms with Gasteiger partial charge in [-0.2, -0.15) is 0 Å². The summed E-state index contributed by atoms with van der Waals surface area (Å²) in [5.74, 6) is -0.0562. The summed E-state index contributed by atoms with van der Waals surface area (Å²) in [6.07, 6.45) is 7.76. The summed E-state index contributed by atoms with van der Waals surface area (Å²) >= 11 is 0. The highest BCUT2D eigenvalue weighted by atomic mass is 19.1. The molecule has 0 heterocycles. The molecule has 2 aromatic rings. The summed E-state index contributed by atoms with van der Waals surface area (Å²) in [6, 6.07) is 11.0. The van der Waals surface area contributed by atoms with Gasteiger partial charge in [0.1, 0.15) is 5.82 Å². The van der Waals surface area contributed by atoms with Gasteiger partial charge in [-0.3, -0.25) is 4.79 Å². The van der Waals surface area contributed by atoms with Crippen LogP contribution in [-0.4, -0.2) is 13.0 Å². The largest absolute Gasteiger partial charge is 0.355 e. The van der Waals surface area contributed by atoms with E-state index in [0.717, 1.165) is 48.8 Å². The first-order valence-electron chi connectivity index (χ1n) is 9.36. The van der Waals surface area contributed by atoms with E-state index in [1.54, 1.807) is 7.05 Å². The van der Waals surface area contributed by atoms with Crippen LogP contribution in [0.3, 0.4) is 0 Å². The molecule has 0 spiro atoms. The molecule has 0 fully saturated rings. The molecule has 2 aromatic carbocycles. The highest BCUT2D eigenvalue weighted by Gasteiger charge is 2.23. The minimum atomic E-state index is -0.231. The van der Waals surface area contributed by atoms with Crippen molar-refractivity contribution in [3.8, 4) is 0 Å². The lowest BCUT2D eigenvalue weighted by Crippen LogP contribution is -2.24. The van der Waals surface area contributed by atoms with Crippen molar-refractivity contribution in [1.82, 2.24) is 5.32 Å². The Labute approximate surface area is 155 Å². The predicted octanol–water partition coefficient (Wildman–Crippen LogP) is 4.97. The van der Waals surface area contributed by atoms with Crippen LogP contribution in [0.2, 0.25) is 0 Å². The van der Waals surface area contributed by atoms with Crippen molar-refractivity contribution < 1.29 is 9.18 Å². The SMILES string of the molecule is C=CC[C@@H](Cc1ccc2c(c1C(=O)NC)CCCC2)c1ccc(F)cc1. The quantitative estimate of drug-likeness (QED) is 0.732. The van der Waals surface area contributed by atoms with E-state index in [1.807, 2.05) is 18.2 Å². The molecule has 1 aliphatic rings. The van der Waals surface area contributed by atoms with Crippen LogP contribution in [0, 0.1) is 5.82 Å². The number of hydrogen-bond donors (Lipinski definition) is 1. The van der Waals surface area contributed by atoms with Crippen LogP contribution in [0.5, 0.6) is 0 Å². The smallest absolute Gasteiger partial charge is 0.251 e. The fraction of sp³-hybridized carbons (Fsp3) is 0.348. The lowest BCUT2D eigenvalue weighted by atomic mass is 9.81. The summed E-state index contributed by atoms with van der Waals surface area (Å²) in [7, 11) is 1.69. The van der Waals surface area contributed by atoms with E-state index in [1.165, 1.54) is 29.7 Å². The van der Waals surface area contributed by atoms with Gasteiger partial charge in [0.25, 0.3) is 5.91 Å². The molecule has 3 rings (SSSR count). The van der Waals surface area contributed by atoms with Crippen LogP contribution in [0.25, 0.3) is 0 Å². The number of amides is 1. The Balaban J connectivity index is 1.99. The molecular weight excluding hydrogens is 325 g/mol. The minimum absolute atomic E-state index is 0.00444. The molecule has 0 unspecified atom stereocenters. The van der Waals surface area contributed by atoms with Crippen molar-refractivity contribution in [3.63, 3.8) is 0 Å². The molecule has 0 radical (unpaired) electrons. The summed E-state index contributed by atoms with van der Waals surface area (Å²) in [5.41, 5.74) is 5.51. The Hall–Kier alpha value is -2.42. The second-order valence-corrected chi connectivity index (χ2v) is 7.00. The Morgan fingerprint density at radius 3 is 2.62 bits per heavy atom.